The number of rotatable bonds is 3. The van der Waals surface area contributed by atoms with Crippen molar-refractivity contribution < 1.29 is 13.2 Å². The van der Waals surface area contributed by atoms with E-state index in [1.54, 1.807) is 0 Å². The zero-order valence-electron chi connectivity index (χ0n) is 7.25. The van der Waals surface area contributed by atoms with E-state index in [0.29, 0.717) is 11.3 Å². The van der Waals surface area contributed by atoms with Gasteiger partial charge in [0.15, 0.2) is 0 Å². The van der Waals surface area contributed by atoms with Crippen molar-refractivity contribution in [2.75, 3.05) is 5.75 Å². The fourth-order valence-corrected chi connectivity index (χ4v) is 0.976. The third-order valence-corrected chi connectivity index (χ3v) is 2.02. The normalized spacial score (nSPS) is 11.7. The Morgan fingerprint density at radius 2 is 2.21 bits per heavy atom. The molecule has 0 aliphatic rings. The number of hydrogen-bond acceptors (Lipinski definition) is 2. The number of nitrogens with zero attached hydrogens (tertiary/aromatic N) is 2. The number of hydrogen-bond donors (Lipinski definition) is 1. The van der Waals surface area contributed by atoms with Gasteiger partial charge in [-0.05, 0) is 5.57 Å². The summed E-state index contributed by atoms with van der Waals surface area (Å²) in [6, 6.07) is 0. The summed E-state index contributed by atoms with van der Waals surface area (Å²) in [7, 11) is 0. The topological polar surface area (TPSA) is 17.8 Å². The summed E-state index contributed by atoms with van der Waals surface area (Å²) in [6.07, 6.45) is -2.58. The maximum Gasteiger partial charge on any atom is 0.419 e. The first-order chi connectivity index (χ1) is 6.43. The molecule has 0 spiro atoms. The Balaban J connectivity index is 2.74. The number of alkyl halides is 3. The molecule has 0 aliphatic heterocycles. The molecule has 1 heterocycles. The molecule has 0 amide bonds. The highest BCUT2D eigenvalue weighted by atomic mass is 32.1. The third kappa shape index (κ3) is 2.80. The molecule has 0 aromatic carbocycles. The van der Waals surface area contributed by atoms with Crippen molar-refractivity contribution in [2.24, 2.45) is 0 Å². The van der Waals surface area contributed by atoms with Crippen LogP contribution in [0.4, 0.5) is 13.2 Å². The summed E-state index contributed by atoms with van der Waals surface area (Å²) in [5, 5.41) is 3.57. The highest BCUT2D eigenvalue weighted by Crippen LogP contribution is 2.28. The largest absolute Gasteiger partial charge is 0.419 e. The highest BCUT2D eigenvalue weighted by molar-refractivity contribution is 7.80. The van der Waals surface area contributed by atoms with Crippen molar-refractivity contribution in [3.63, 3.8) is 0 Å². The minimum Gasteiger partial charge on any atom is -0.268 e. The Morgan fingerprint density at radius 1 is 1.57 bits per heavy atom. The predicted molar refractivity (Wildman–Crippen MR) is 50.2 cm³/mol. The first-order valence-corrected chi connectivity index (χ1v) is 4.44. The number of thiol groups is 1. The summed E-state index contributed by atoms with van der Waals surface area (Å²) in [5.41, 5.74) is -0.0328. The minimum absolute atomic E-state index is 0.263. The van der Waals surface area contributed by atoms with E-state index in [4.69, 9.17) is 0 Å². The molecule has 0 radical (unpaired) electrons. The molecule has 0 saturated carbocycles. The monoisotopic (exact) mass is 222 g/mol. The van der Waals surface area contributed by atoms with Crippen LogP contribution in [0.5, 0.6) is 0 Å². The van der Waals surface area contributed by atoms with Gasteiger partial charge in [-0.15, -0.1) is 0 Å². The van der Waals surface area contributed by atoms with Gasteiger partial charge in [0, 0.05) is 11.9 Å². The van der Waals surface area contributed by atoms with Gasteiger partial charge in [0.05, 0.1) is 18.3 Å². The van der Waals surface area contributed by atoms with Gasteiger partial charge in [0.25, 0.3) is 0 Å². The number of aromatic nitrogens is 2. The second-order valence-corrected chi connectivity index (χ2v) is 3.15. The predicted octanol–water partition coefficient (Wildman–Crippen LogP) is 2.39. The van der Waals surface area contributed by atoms with E-state index in [0.717, 1.165) is 12.4 Å². The lowest BCUT2D eigenvalue weighted by Crippen LogP contribution is -2.04. The summed E-state index contributed by atoms with van der Waals surface area (Å²) in [6.45, 7) is 3.88. The lowest BCUT2D eigenvalue weighted by Gasteiger charge is -2.02. The zero-order valence-corrected chi connectivity index (χ0v) is 8.15. The maximum atomic E-state index is 12.1. The quantitative estimate of drug-likeness (QED) is 0.614. The summed E-state index contributed by atoms with van der Waals surface area (Å²) < 4.78 is 37.6. The molecule has 78 valence electrons. The average Bonchev–Trinajstić information content (AvgIpc) is 2.51. The van der Waals surface area contributed by atoms with E-state index in [9.17, 15) is 13.2 Å². The molecule has 2 nitrogen and oxygen atoms in total. The first kappa shape index (κ1) is 11.2. The summed E-state index contributed by atoms with van der Waals surface area (Å²) in [5.74, 6) is 0.432. The molecule has 0 saturated heterocycles. The van der Waals surface area contributed by atoms with Crippen LogP contribution in [0.15, 0.2) is 24.5 Å². The average molecular weight is 222 g/mol. The molecule has 1 aromatic rings. The van der Waals surface area contributed by atoms with Crippen molar-refractivity contribution in [1.82, 2.24) is 9.78 Å². The fourth-order valence-electron chi connectivity index (χ4n) is 0.876. The second-order valence-electron chi connectivity index (χ2n) is 2.83. The molecule has 1 rings (SSSR count). The first-order valence-electron chi connectivity index (χ1n) is 3.80. The molecule has 6 heteroatoms. The minimum atomic E-state index is -4.33. The van der Waals surface area contributed by atoms with Crippen LogP contribution < -0.4 is 0 Å². The van der Waals surface area contributed by atoms with Crippen LogP contribution in [-0.2, 0) is 12.7 Å². The second kappa shape index (κ2) is 4.08. The van der Waals surface area contributed by atoms with Gasteiger partial charge in [0.1, 0.15) is 0 Å². The van der Waals surface area contributed by atoms with Gasteiger partial charge in [-0.25, -0.2) is 0 Å². The molecule has 0 unspecified atom stereocenters. The Bertz CT molecular complexity index is 330. The zero-order chi connectivity index (χ0) is 10.8. The lowest BCUT2D eigenvalue weighted by atomic mass is 10.3. The van der Waals surface area contributed by atoms with Crippen LogP contribution in [0.3, 0.4) is 0 Å². The molecule has 0 aliphatic carbocycles. The standard InChI is InChI=1S/C8H9F3N2S/c1-6(5-14)3-13-4-7(2-12-13)8(9,10)11/h2,4,14H,1,3,5H2. The maximum absolute atomic E-state index is 12.1. The van der Waals surface area contributed by atoms with Gasteiger partial charge in [0.2, 0.25) is 0 Å². The van der Waals surface area contributed by atoms with Gasteiger partial charge >= 0.3 is 6.18 Å². The Kier molecular flexibility index (Phi) is 3.25. The van der Waals surface area contributed by atoms with Crippen LogP contribution in [0.1, 0.15) is 5.56 Å². The van der Waals surface area contributed by atoms with Gasteiger partial charge in [-0.3, -0.25) is 4.68 Å². The van der Waals surface area contributed by atoms with Crippen molar-refractivity contribution in [2.45, 2.75) is 12.7 Å². The van der Waals surface area contributed by atoms with Crippen LogP contribution in [0.25, 0.3) is 0 Å². The van der Waals surface area contributed by atoms with E-state index in [1.807, 2.05) is 0 Å². The molecular formula is C8H9F3N2S. The Hall–Kier alpha value is -0.910. The molecule has 1 aromatic heterocycles. The summed E-state index contributed by atoms with van der Waals surface area (Å²) >= 11 is 3.95. The van der Waals surface area contributed by atoms with E-state index in [1.165, 1.54) is 4.68 Å². The molecule has 0 bridgehead atoms. The van der Waals surface area contributed by atoms with Gasteiger partial charge in [-0.2, -0.15) is 30.9 Å². The van der Waals surface area contributed by atoms with Crippen molar-refractivity contribution in [3.05, 3.63) is 30.1 Å². The van der Waals surface area contributed by atoms with E-state index in [2.05, 4.69) is 24.3 Å². The van der Waals surface area contributed by atoms with E-state index >= 15 is 0 Å². The van der Waals surface area contributed by atoms with E-state index < -0.39 is 11.7 Å². The van der Waals surface area contributed by atoms with Crippen LogP contribution in [0.2, 0.25) is 0 Å². The van der Waals surface area contributed by atoms with Crippen LogP contribution in [0, 0.1) is 0 Å². The summed E-state index contributed by atoms with van der Waals surface area (Å²) in [4.78, 5) is 0. The van der Waals surface area contributed by atoms with Crippen LogP contribution >= 0.6 is 12.6 Å². The molecule has 0 N–H and O–H groups in total. The van der Waals surface area contributed by atoms with Crippen molar-refractivity contribution in [3.8, 4) is 0 Å². The smallest absolute Gasteiger partial charge is 0.268 e. The van der Waals surface area contributed by atoms with E-state index in [-0.39, 0.29) is 6.54 Å². The van der Waals surface area contributed by atoms with Crippen molar-refractivity contribution in [1.29, 1.82) is 0 Å². The molecule has 0 fully saturated rings. The van der Waals surface area contributed by atoms with Crippen molar-refractivity contribution >= 4 is 12.6 Å². The third-order valence-electron chi connectivity index (χ3n) is 1.57. The Morgan fingerprint density at radius 3 is 2.64 bits per heavy atom. The molecular weight excluding hydrogens is 213 g/mol. The SMILES string of the molecule is C=C(CS)Cn1cc(C(F)(F)F)cn1. The highest BCUT2D eigenvalue weighted by Gasteiger charge is 2.32. The fraction of sp³-hybridized carbons (Fsp3) is 0.375. The number of halogens is 3. The molecule has 0 atom stereocenters. The molecule has 14 heavy (non-hydrogen) atoms. The van der Waals surface area contributed by atoms with Gasteiger partial charge < -0.3 is 0 Å². The van der Waals surface area contributed by atoms with Crippen LogP contribution in [-0.4, -0.2) is 15.5 Å². The Labute approximate surface area is 84.8 Å². The van der Waals surface area contributed by atoms with Gasteiger partial charge in [-0.1, -0.05) is 6.58 Å². The lowest BCUT2D eigenvalue weighted by molar-refractivity contribution is -0.137.